The minimum atomic E-state index is -4.98. The zero-order chi connectivity index (χ0) is 12.3. The number of alkyl halides is 3. The van der Waals surface area contributed by atoms with Gasteiger partial charge in [0, 0.05) is 18.3 Å². The Labute approximate surface area is 87.0 Å². The molecule has 0 aliphatic carbocycles. The molecule has 1 heterocycles. The van der Waals surface area contributed by atoms with Crippen LogP contribution < -0.4 is 15.9 Å². The molecule has 3 N–H and O–H groups in total. The number of aldehydes is 1. The van der Waals surface area contributed by atoms with Crippen molar-refractivity contribution in [2.45, 2.75) is 12.9 Å². The van der Waals surface area contributed by atoms with Gasteiger partial charge in [-0.1, -0.05) is 0 Å². The summed E-state index contributed by atoms with van der Waals surface area (Å²) in [5.41, 5.74) is 3.53. The smallest absolute Gasteiger partial charge is 0.389 e. The number of hydrogen-bond donors (Lipinski definition) is 2. The number of carbonyl (C=O) groups is 1. The maximum Gasteiger partial charge on any atom is 0.574 e. The first-order valence-corrected chi connectivity index (χ1v) is 4.04. The molecule has 1 aromatic rings. The van der Waals surface area contributed by atoms with Gasteiger partial charge in [-0.15, -0.1) is 13.2 Å². The highest BCUT2D eigenvalue weighted by Crippen LogP contribution is 2.21. The Balaban J connectivity index is 3.27. The third-order valence-corrected chi connectivity index (χ3v) is 1.71. The van der Waals surface area contributed by atoms with Crippen LogP contribution in [-0.4, -0.2) is 17.6 Å². The van der Waals surface area contributed by atoms with E-state index in [1.807, 2.05) is 0 Å². The van der Waals surface area contributed by atoms with Crippen LogP contribution in [0.25, 0.3) is 0 Å². The van der Waals surface area contributed by atoms with Crippen molar-refractivity contribution in [2.24, 2.45) is 5.73 Å². The van der Waals surface area contributed by atoms with Gasteiger partial charge in [0.05, 0.1) is 0 Å². The molecular weight excluding hydrogens is 229 g/mol. The molecule has 88 valence electrons. The normalized spacial score (nSPS) is 11.2. The van der Waals surface area contributed by atoms with Crippen molar-refractivity contribution in [2.75, 3.05) is 0 Å². The van der Waals surface area contributed by atoms with Crippen LogP contribution in [0.4, 0.5) is 13.2 Å². The molecule has 5 nitrogen and oxygen atoms in total. The average Bonchev–Trinajstić information content (AvgIpc) is 2.16. The summed E-state index contributed by atoms with van der Waals surface area (Å²) in [5.74, 6) is -0.940. The highest BCUT2D eigenvalue weighted by atomic mass is 19.4. The third kappa shape index (κ3) is 2.60. The maximum absolute atomic E-state index is 11.9. The first kappa shape index (κ1) is 12.2. The SMILES string of the molecule is NCc1c[nH]c(OC(F)(F)F)c(C=O)c1=O. The number of aromatic amines is 1. The topological polar surface area (TPSA) is 85.2 Å². The highest BCUT2D eigenvalue weighted by molar-refractivity contribution is 5.78. The summed E-state index contributed by atoms with van der Waals surface area (Å²) in [6.07, 6.45) is -4.03. The molecule has 0 bridgehead atoms. The standard InChI is InChI=1S/C8H7F3N2O3/c9-8(10,11)16-7-5(3-14)6(15)4(1-12)2-13-7/h2-3H,1,12H2,(H,13,15). The van der Waals surface area contributed by atoms with E-state index in [0.717, 1.165) is 6.20 Å². The number of carbonyl (C=O) groups excluding carboxylic acids is 1. The van der Waals surface area contributed by atoms with Crippen LogP contribution in [0.2, 0.25) is 0 Å². The Hall–Kier alpha value is -1.83. The lowest BCUT2D eigenvalue weighted by molar-refractivity contribution is -0.276. The first-order chi connectivity index (χ1) is 7.39. The Morgan fingerprint density at radius 2 is 2.12 bits per heavy atom. The predicted molar refractivity (Wildman–Crippen MR) is 47.0 cm³/mol. The number of nitrogens with one attached hydrogen (secondary N) is 1. The van der Waals surface area contributed by atoms with Gasteiger partial charge in [-0.2, -0.15) is 0 Å². The molecular formula is C8H7F3N2O3. The van der Waals surface area contributed by atoms with Crippen molar-refractivity contribution < 1.29 is 22.7 Å². The van der Waals surface area contributed by atoms with Gasteiger partial charge in [0.2, 0.25) is 5.88 Å². The fraction of sp³-hybridized carbons (Fsp3) is 0.250. The second-order valence-electron chi connectivity index (χ2n) is 2.76. The second kappa shape index (κ2) is 4.35. The van der Waals surface area contributed by atoms with Gasteiger partial charge >= 0.3 is 6.36 Å². The number of rotatable bonds is 3. The van der Waals surface area contributed by atoms with Gasteiger partial charge in [0.1, 0.15) is 5.56 Å². The van der Waals surface area contributed by atoms with Gasteiger partial charge in [0.15, 0.2) is 11.7 Å². The minimum absolute atomic E-state index is 0.00313. The lowest BCUT2D eigenvalue weighted by Gasteiger charge is -2.10. The molecule has 0 aliphatic heterocycles. The number of ether oxygens (including phenoxy) is 1. The maximum atomic E-state index is 11.9. The third-order valence-electron chi connectivity index (χ3n) is 1.71. The van der Waals surface area contributed by atoms with Crippen molar-refractivity contribution in [3.63, 3.8) is 0 Å². The molecule has 1 aromatic heterocycles. The van der Waals surface area contributed by atoms with Crippen LogP contribution in [0.15, 0.2) is 11.0 Å². The number of halogens is 3. The van der Waals surface area contributed by atoms with E-state index in [-0.39, 0.29) is 18.4 Å². The largest absolute Gasteiger partial charge is 0.574 e. The van der Waals surface area contributed by atoms with Crippen LogP contribution in [0.5, 0.6) is 5.88 Å². The predicted octanol–water partition coefficient (Wildman–Crippen LogP) is 0.545. The van der Waals surface area contributed by atoms with Gasteiger partial charge in [-0.3, -0.25) is 9.59 Å². The summed E-state index contributed by atoms with van der Waals surface area (Å²) in [5, 5.41) is 0. The summed E-state index contributed by atoms with van der Waals surface area (Å²) >= 11 is 0. The molecule has 0 aromatic carbocycles. The zero-order valence-electron chi connectivity index (χ0n) is 7.80. The molecule has 0 atom stereocenters. The first-order valence-electron chi connectivity index (χ1n) is 4.04. The van der Waals surface area contributed by atoms with Gasteiger partial charge in [-0.05, 0) is 0 Å². The van der Waals surface area contributed by atoms with Gasteiger partial charge in [-0.25, -0.2) is 0 Å². The number of hydrogen-bond acceptors (Lipinski definition) is 4. The number of nitrogens with two attached hydrogens (primary N) is 1. The van der Waals surface area contributed by atoms with Crippen molar-refractivity contribution in [1.82, 2.24) is 4.98 Å². The summed E-state index contributed by atoms with van der Waals surface area (Å²) < 4.78 is 39.1. The van der Waals surface area contributed by atoms with Crippen molar-refractivity contribution in [1.29, 1.82) is 0 Å². The fourth-order valence-electron chi connectivity index (χ4n) is 1.03. The molecule has 0 fully saturated rings. The lowest BCUT2D eigenvalue weighted by atomic mass is 10.2. The number of aromatic nitrogens is 1. The Bertz CT molecular complexity index is 453. The van der Waals surface area contributed by atoms with Crippen molar-refractivity contribution >= 4 is 6.29 Å². The van der Waals surface area contributed by atoms with Gasteiger partial charge in [0.25, 0.3) is 0 Å². The molecule has 0 amide bonds. The molecule has 0 saturated carbocycles. The highest BCUT2D eigenvalue weighted by Gasteiger charge is 2.33. The van der Waals surface area contributed by atoms with E-state index >= 15 is 0 Å². The van der Waals surface area contributed by atoms with Crippen LogP contribution >= 0.6 is 0 Å². The van der Waals surface area contributed by atoms with E-state index in [4.69, 9.17) is 5.73 Å². The molecule has 16 heavy (non-hydrogen) atoms. The summed E-state index contributed by atoms with van der Waals surface area (Å²) in [4.78, 5) is 23.9. The zero-order valence-corrected chi connectivity index (χ0v) is 7.80. The summed E-state index contributed by atoms with van der Waals surface area (Å²) in [6.45, 7) is -0.192. The van der Waals surface area contributed by atoms with Crippen LogP contribution in [0.3, 0.4) is 0 Å². The molecule has 0 radical (unpaired) electrons. The van der Waals surface area contributed by atoms with Crippen LogP contribution in [0, 0.1) is 0 Å². The Morgan fingerprint density at radius 1 is 1.50 bits per heavy atom. The van der Waals surface area contributed by atoms with Crippen molar-refractivity contribution in [3.05, 3.63) is 27.5 Å². The Kier molecular flexibility index (Phi) is 3.33. The van der Waals surface area contributed by atoms with Gasteiger partial charge < -0.3 is 15.5 Å². The monoisotopic (exact) mass is 236 g/mol. The van der Waals surface area contributed by atoms with E-state index in [1.54, 1.807) is 0 Å². The molecule has 8 heteroatoms. The quantitative estimate of drug-likeness (QED) is 0.750. The fourth-order valence-corrected chi connectivity index (χ4v) is 1.03. The number of H-pyrrole nitrogens is 1. The Morgan fingerprint density at radius 3 is 2.56 bits per heavy atom. The van der Waals surface area contributed by atoms with E-state index in [2.05, 4.69) is 9.72 Å². The summed E-state index contributed by atoms with van der Waals surface area (Å²) in [7, 11) is 0. The molecule has 0 aliphatic rings. The summed E-state index contributed by atoms with van der Waals surface area (Å²) in [6, 6.07) is 0. The number of pyridine rings is 1. The lowest BCUT2D eigenvalue weighted by Crippen LogP contribution is -2.24. The van der Waals surface area contributed by atoms with E-state index in [1.165, 1.54) is 0 Å². The van der Waals surface area contributed by atoms with Crippen LogP contribution in [-0.2, 0) is 6.54 Å². The van der Waals surface area contributed by atoms with E-state index in [9.17, 15) is 22.8 Å². The van der Waals surface area contributed by atoms with E-state index < -0.39 is 23.2 Å². The molecule has 0 saturated heterocycles. The van der Waals surface area contributed by atoms with E-state index in [0.29, 0.717) is 0 Å². The molecule has 1 rings (SSSR count). The average molecular weight is 236 g/mol. The molecule has 0 spiro atoms. The minimum Gasteiger partial charge on any atom is -0.389 e. The van der Waals surface area contributed by atoms with Crippen LogP contribution in [0.1, 0.15) is 15.9 Å². The second-order valence-corrected chi connectivity index (χ2v) is 2.76. The molecule has 0 unspecified atom stereocenters. The van der Waals surface area contributed by atoms with Crippen molar-refractivity contribution in [3.8, 4) is 5.88 Å².